The molecule has 0 aromatic rings. The fraction of sp³-hybridized carbons (Fsp3) is 0.941. The highest BCUT2D eigenvalue weighted by molar-refractivity contribution is 7.80. The molecule has 21 heavy (non-hydrogen) atoms. The molecule has 2 rings (SSSR count). The molecule has 1 aliphatic carbocycles. The summed E-state index contributed by atoms with van der Waals surface area (Å²) in [7, 11) is 8.57. The van der Waals surface area contributed by atoms with E-state index in [1.165, 1.54) is 37.1 Å². The summed E-state index contributed by atoms with van der Waals surface area (Å²) in [6.07, 6.45) is 9.20. The molecule has 4 atom stereocenters. The van der Waals surface area contributed by atoms with Crippen molar-refractivity contribution in [3.05, 3.63) is 0 Å². The van der Waals surface area contributed by atoms with Gasteiger partial charge in [0.1, 0.15) is 0 Å². The van der Waals surface area contributed by atoms with Gasteiger partial charge in [0.15, 0.2) is 0 Å². The molecule has 0 bridgehead atoms. The number of rotatable bonds is 2. The van der Waals surface area contributed by atoms with Crippen LogP contribution in [0.5, 0.6) is 0 Å². The maximum Gasteiger partial charge on any atom is 0.0950 e. The second kappa shape index (κ2) is 7.00. The molecule has 0 amide bonds. The van der Waals surface area contributed by atoms with Gasteiger partial charge in [-0.1, -0.05) is 45.3 Å². The highest BCUT2D eigenvalue weighted by Crippen LogP contribution is 2.39. The first kappa shape index (κ1) is 17.3. The molecule has 4 heteroatoms. The normalized spacial score (nSPS) is 38.6. The molecule has 1 saturated carbocycles. The first-order valence-corrected chi connectivity index (χ1v) is 9.05. The lowest BCUT2D eigenvalue weighted by atomic mass is 9.65. The van der Waals surface area contributed by atoms with Gasteiger partial charge in [-0.05, 0) is 49.4 Å². The Morgan fingerprint density at radius 1 is 1.38 bits per heavy atom. The van der Waals surface area contributed by atoms with Crippen LogP contribution >= 0.6 is 12.2 Å². The van der Waals surface area contributed by atoms with Gasteiger partial charge in [-0.3, -0.25) is 0 Å². The smallest absolute Gasteiger partial charge is 0.0950 e. The minimum atomic E-state index is -0.491. The molecule has 2 N–H and O–H groups in total. The van der Waals surface area contributed by atoms with Crippen molar-refractivity contribution in [3.63, 3.8) is 0 Å². The molecule has 2 radical (unpaired) electrons. The fourth-order valence-corrected chi connectivity index (χ4v) is 4.71. The lowest BCUT2D eigenvalue weighted by molar-refractivity contribution is 0.153. The first-order valence-electron chi connectivity index (χ1n) is 8.64. The summed E-state index contributed by atoms with van der Waals surface area (Å²) in [4.78, 5) is 3.56. The van der Waals surface area contributed by atoms with Crippen molar-refractivity contribution >= 4 is 25.1 Å². The van der Waals surface area contributed by atoms with Gasteiger partial charge in [-0.15, -0.1) is 0 Å². The number of piperidine rings is 1. The predicted octanol–water partition coefficient (Wildman–Crippen LogP) is 3.47. The monoisotopic (exact) mass is 306 g/mol. The van der Waals surface area contributed by atoms with Crippen LogP contribution in [0.1, 0.15) is 65.2 Å². The number of hydrogen-bond acceptors (Lipinski definition) is 2. The van der Waals surface area contributed by atoms with Crippen molar-refractivity contribution in [2.75, 3.05) is 7.05 Å². The third-order valence-corrected chi connectivity index (χ3v) is 5.99. The van der Waals surface area contributed by atoms with Gasteiger partial charge >= 0.3 is 0 Å². The Kier molecular flexibility index (Phi) is 5.75. The van der Waals surface area contributed by atoms with Gasteiger partial charge < -0.3 is 10.6 Å². The highest BCUT2D eigenvalue weighted by Gasteiger charge is 2.39. The van der Waals surface area contributed by atoms with E-state index in [0.29, 0.717) is 23.8 Å². The third kappa shape index (κ3) is 4.45. The lowest BCUT2D eigenvalue weighted by Gasteiger charge is -2.47. The summed E-state index contributed by atoms with van der Waals surface area (Å²) < 4.78 is 0. The van der Waals surface area contributed by atoms with Crippen LogP contribution in [0.15, 0.2) is 0 Å². The molecular formula is C17H31BN2S. The molecule has 118 valence electrons. The van der Waals surface area contributed by atoms with Crippen molar-refractivity contribution in [3.8, 4) is 0 Å². The topological polar surface area (TPSA) is 29.3 Å². The summed E-state index contributed by atoms with van der Waals surface area (Å²) in [6.45, 7) is 4.57. The number of hydrogen-bond donors (Lipinski definition) is 1. The predicted molar refractivity (Wildman–Crippen MR) is 95.6 cm³/mol. The Hall–Kier alpha value is -0.0851. The molecule has 0 spiro atoms. The van der Waals surface area contributed by atoms with Crippen LogP contribution in [0, 0.1) is 17.8 Å². The Labute approximate surface area is 137 Å². The van der Waals surface area contributed by atoms with Crippen LogP contribution in [-0.4, -0.2) is 36.3 Å². The largest absolute Gasteiger partial charge is 0.366 e. The fourth-order valence-electron chi connectivity index (χ4n) is 4.38. The van der Waals surface area contributed by atoms with Crippen molar-refractivity contribution in [2.45, 2.75) is 76.7 Å². The minimum Gasteiger partial charge on any atom is -0.366 e. The van der Waals surface area contributed by atoms with E-state index >= 15 is 0 Å². The first-order chi connectivity index (χ1) is 9.80. The van der Waals surface area contributed by atoms with E-state index in [1.54, 1.807) is 0 Å². The quantitative estimate of drug-likeness (QED) is 0.625. The molecule has 1 heterocycles. The van der Waals surface area contributed by atoms with E-state index in [9.17, 15) is 0 Å². The van der Waals surface area contributed by atoms with E-state index in [-0.39, 0.29) is 0 Å². The zero-order valence-electron chi connectivity index (χ0n) is 14.0. The standard InChI is InChI=1S/C17H31BN2S/c1-12(2)9-13-10-14-11-17(18,19)8-6-4-5-7-15(14)20(3)16(13)21/h12-15H,4-11,19H2,1-3H3. The van der Waals surface area contributed by atoms with E-state index in [0.717, 1.165) is 19.3 Å². The molecule has 1 saturated heterocycles. The van der Waals surface area contributed by atoms with Gasteiger partial charge in [0, 0.05) is 19.0 Å². The Morgan fingerprint density at radius 2 is 2.10 bits per heavy atom. The number of nitrogens with zero attached hydrogens (tertiary/aromatic N) is 1. The van der Waals surface area contributed by atoms with Crippen LogP contribution in [-0.2, 0) is 0 Å². The Morgan fingerprint density at radius 3 is 2.76 bits per heavy atom. The molecule has 0 aromatic heterocycles. The number of likely N-dealkylation sites (tertiary alicyclic amines) is 1. The van der Waals surface area contributed by atoms with Gasteiger partial charge in [-0.2, -0.15) is 0 Å². The molecule has 2 fully saturated rings. The maximum absolute atomic E-state index is 6.38. The third-order valence-electron chi connectivity index (χ3n) is 5.37. The van der Waals surface area contributed by atoms with Gasteiger partial charge in [-0.25, -0.2) is 0 Å². The molecule has 1 aliphatic heterocycles. The second-order valence-corrected chi connectivity index (χ2v) is 8.29. The number of nitrogens with two attached hydrogens (primary N) is 1. The average molecular weight is 306 g/mol. The average Bonchev–Trinajstić information content (AvgIpc) is 2.43. The van der Waals surface area contributed by atoms with Gasteiger partial charge in [0.05, 0.1) is 12.8 Å². The lowest BCUT2D eigenvalue weighted by Crippen LogP contribution is -2.53. The van der Waals surface area contributed by atoms with Crippen LogP contribution in [0.3, 0.4) is 0 Å². The van der Waals surface area contributed by atoms with E-state index in [4.69, 9.17) is 25.8 Å². The van der Waals surface area contributed by atoms with Gasteiger partial charge in [0.25, 0.3) is 0 Å². The van der Waals surface area contributed by atoms with Crippen LogP contribution in [0.2, 0.25) is 0 Å². The SMILES string of the molecule is [B]C1(N)CCCCCC2C(CC(CC(C)C)C(=S)N2C)C1. The van der Waals surface area contributed by atoms with Crippen molar-refractivity contribution < 1.29 is 0 Å². The summed E-state index contributed by atoms with van der Waals surface area (Å²) in [6, 6.07) is 0.547. The van der Waals surface area contributed by atoms with Crippen LogP contribution in [0.25, 0.3) is 0 Å². The summed E-state index contributed by atoms with van der Waals surface area (Å²) in [5.74, 6) is 1.82. The van der Waals surface area contributed by atoms with Crippen molar-refractivity contribution in [1.29, 1.82) is 0 Å². The Balaban J connectivity index is 2.17. The van der Waals surface area contributed by atoms with E-state index in [1.807, 2.05) is 0 Å². The Bertz CT molecular complexity index is 370. The molecular weight excluding hydrogens is 275 g/mol. The van der Waals surface area contributed by atoms with E-state index < -0.39 is 5.44 Å². The summed E-state index contributed by atoms with van der Waals surface area (Å²) >= 11 is 5.77. The second-order valence-electron chi connectivity index (χ2n) is 7.88. The number of fused-ring (bicyclic) bond motifs is 1. The van der Waals surface area contributed by atoms with Crippen molar-refractivity contribution in [2.24, 2.45) is 23.5 Å². The molecule has 4 unspecified atom stereocenters. The highest BCUT2D eigenvalue weighted by atomic mass is 32.1. The van der Waals surface area contributed by atoms with Gasteiger partial charge in [0.2, 0.25) is 0 Å². The zero-order chi connectivity index (χ0) is 15.6. The van der Waals surface area contributed by atoms with Crippen LogP contribution < -0.4 is 5.73 Å². The molecule has 0 aromatic carbocycles. The van der Waals surface area contributed by atoms with Crippen molar-refractivity contribution in [1.82, 2.24) is 4.90 Å². The molecule has 2 aliphatic rings. The number of thiocarbonyl (C=S) groups is 1. The van der Waals surface area contributed by atoms with Crippen LogP contribution in [0.4, 0.5) is 0 Å². The minimum absolute atomic E-state index is 0.491. The summed E-state index contributed by atoms with van der Waals surface area (Å²) in [5, 5.41) is 0. The summed E-state index contributed by atoms with van der Waals surface area (Å²) in [5.41, 5.74) is 5.89. The zero-order valence-corrected chi connectivity index (χ0v) is 14.8. The molecule has 2 nitrogen and oxygen atoms in total. The van der Waals surface area contributed by atoms with E-state index in [2.05, 4.69) is 25.8 Å². The maximum atomic E-state index is 6.38.